The first-order valence-corrected chi connectivity index (χ1v) is 10.6. The quantitative estimate of drug-likeness (QED) is 0.421. The highest BCUT2D eigenvalue weighted by molar-refractivity contribution is 7.21. The molecule has 0 aliphatic rings. The van der Waals surface area contributed by atoms with Gasteiger partial charge in [0, 0.05) is 22.5 Å². The summed E-state index contributed by atoms with van der Waals surface area (Å²) in [7, 11) is 3.18. The van der Waals surface area contributed by atoms with Crippen molar-refractivity contribution in [2.45, 2.75) is 6.54 Å². The molecular formula is C23H20ClN3O3S. The topological polar surface area (TPSA) is 86.5 Å². The molecule has 0 aliphatic carbocycles. The van der Waals surface area contributed by atoms with Crippen molar-refractivity contribution in [3.8, 4) is 22.8 Å². The van der Waals surface area contributed by atoms with Gasteiger partial charge in [0.25, 0.3) is 5.91 Å². The van der Waals surface area contributed by atoms with Crippen LogP contribution in [0.15, 0.2) is 54.6 Å². The first-order chi connectivity index (χ1) is 15.0. The van der Waals surface area contributed by atoms with Crippen molar-refractivity contribution in [1.82, 2.24) is 10.3 Å². The third kappa shape index (κ3) is 4.28. The van der Waals surface area contributed by atoms with Crippen LogP contribution in [-0.4, -0.2) is 25.1 Å². The molecule has 0 bridgehead atoms. The predicted molar refractivity (Wildman–Crippen MR) is 125 cm³/mol. The van der Waals surface area contributed by atoms with Crippen LogP contribution < -0.4 is 20.5 Å². The number of carbonyl (C=O) groups excluding carboxylic acids is 1. The normalized spacial score (nSPS) is 10.8. The van der Waals surface area contributed by atoms with E-state index in [0.29, 0.717) is 38.5 Å². The van der Waals surface area contributed by atoms with E-state index >= 15 is 0 Å². The standard InChI is InChI=1S/C23H20ClN3O3S/c1-29-18-9-6-14(11-19(18)30-2)17-8-7-16-20(25)21(31-23(16)27-17)22(28)26-12-13-4-3-5-15(24)10-13/h3-11H,12,25H2,1-2H3,(H,26,28). The molecule has 0 atom stereocenters. The number of amides is 1. The van der Waals surface area contributed by atoms with E-state index < -0.39 is 0 Å². The number of rotatable bonds is 6. The molecule has 3 N–H and O–H groups in total. The van der Waals surface area contributed by atoms with Crippen LogP contribution in [0.2, 0.25) is 5.02 Å². The van der Waals surface area contributed by atoms with Crippen LogP contribution in [0.4, 0.5) is 5.69 Å². The molecule has 158 valence electrons. The Labute approximate surface area is 188 Å². The zero-order chi connectivity index (χ0) is 22.0. The number of nitrogens with zero attached hydrogens (tertiary/aromatic N) is 1. The van der Waals surface area contributed by atoms with Crippen molar-refractivity contribution in [3.05, 3.63) is 70.1 Å². The Kier molecular flexibility index (Phi) is 5.97. The smallest absolute Gasteiger partial charge is 0.263 e. The number of nitrogens with two attached hydrogens (primary N) is 1. The molecule has 2 aromatic carbocycles. The molecule has 2 heterocycles. The Bertz CT molecular complexity index is 1270. The molecule has 0 spiro atoms. The zero-order valence-corrected chi connectivity index (χ0v) is 18.5. The van der Waals surface area contributed by atoms with E-state index in [2.05, 4.69) is 5.32 Å². The van der Waals surface area contributed by atoms with Crippen molar-refractivity contribution in [2.24, 2.45) is 0 Å². The van der Waals surface area contributed by atoms with Gasteiger partial charge >= 0.3 is 0 Å². The summed E-state index contributed by atoms with van der Waals surface area (Å²) >= 11 is 7.27. The van der Waals surface area contributed by atoms with Crippen LogP contribution in [0.3, 0.4) is 0 Å². The molecule has 31 heavy (non-hydrogen) atoms. The number of halogens is 1. The van der Waals surface area contributed by atoms with Gasteiger partial charge in [-0.2, -0.15) is 0 Å². The number of anilines is 1. The van der Waals surface area contributed by atoms with Gasteiger partial charge in [0.05, 0.1) is 25.6 Å². The molecule has 1 amide bonds. The van der Waals surface area contributed by atoms with E-state index in [1.807, 2.05) is 48.5 Å². The SMILES string of the molecule is COc1ccc(-c2ccc3c(N)c(C(=O)NCc4cccc(Cl)c4)sc3n2)cc1OC. The zero-order valence-electron chi connectivity index (χ0n) is 16.9. The fourth-order valence-corrected chi connectivity index (χ4v) is 4.45. The number of carbonyl (C=O) groups is 1. The van der Waals surface area contributed by atoms with Crippen LogP contribution in [0, 0.1) is 0 Å². The minimum Gasteiger partial charge on any atom is -0.493 e. The molecule has 4 aromatic rings. The highest BCUT2D eigenvalue weighted by Crippen LogP contribution is 2.36. The van der Waals surface area contributed by atoms with Crippen molar-refractivity contribution < 1.29 is 14.3 Å². The number of hydrogen-bond acceptors (Lipinski definition) is 6. The summed E-state index contributed by atoms with van der Waals surface area (Å²) in [5.41, 5.74) is 9.22. The fraction of sp³-hybridized carbons (Fsp3) is 0.130. The maximum atomic E-state index is 12.7. The molecule has 0 unspecified atom stereocenters. The lowest BCUT2D eigenvalue weighted by molar-refractivity contribution is 0.0956. The molecule has 0 aliphatic heterocycles. The number of nitrogens with one attached hydrogen (secondary N) is 1. The summed E-state index contributed by atoms with van der Waals surface area (Å²) in [6.07, 6.45) is 0. The number of thiophene rings is 1. The van der Waals surface area contributed by atoms with Crippen LogP contribution in [0.1, 0.15) is 15.2 Å². The number of fused-ring (bicyclic) bond motifs is 1. The molecule has 0 fully saturated rings. The largest absolute Gasteiger partial charge is 0.493 e. The number of hydrogen-bond donors (Lipinski definition) is 2. The Morgan fingerprint density at radius 2 is 1.90 bits per heavy atom. The number of ether oxygens (including phenoxy) is 2. The minimum atomic E-state index is -0.242. The van der Waals surface area contributed by atoms with Crippen molar-refractivity contribution in [3.63, 3.8) is 0 Å². The van der Waals surface area contributed by atoms with Crippen LogP contribution in [0.25, 0.3) is 21.5 Å². The van der Waals surface area contributed by atoms with Gasteiger partial charge in [-0.25, -0.2) is 4.98 Å². The number of benzene rings is 2. The first-order valence-electron chi connectivity index (χ1n) is 9.44. The maximum absolute atomic E-state index is 12.7. The Morgan fingerprint density at radius 3 is 2.65 bits per heavy atom. The molecule has 6 nitrogen and oxygen atoms in total. The van der Waals surface area contributed by atoms with Gasteiger partial charge in [0.2, 0.25) is 0 Å². The van der Waals surface area contributed by atoms with E-state index in [1.54, 1.807) is 20.3 Å². The van der Waals surface area contributed by atoms with E-state index in [1.165, 1.54) is 11.3 Å². The summed E-state index contributed by atoms with van der Waals surface area (Å²) < 4.78 is 10.7. The molecule has 8 heteroatoms. The number of pyridine rings is 1. The molecule has 0 radical (unpaired) electrons. The lowest BCUT2D eigenvalue weighted by atomic mass is 10.1. The summed E-state index contributed by atoms with van der Waals surface area (Å²) in [5.74, 6) is 1.02. The number of aromatic nitrogens is 1. The average molecular weight is 454 g/mol. The lowest BCUT2D eigenvalue weighted by Gasteiger charge is -2.09. The van der Waals surface area contributed by atoms with Crippen LogP contribution in [0.5, 0.6) is 11.5 Å². The number of methoxy groups -OCH3 is 2. The fourth-order valence-electron chi connectivity index (χ4n) is 3.23. The second-order valence-corrected chi connectivity index (χ2v) is 8.21. The maximum Gasteiger partial charge on any atom is 0.263 e. The Balaban J connectivity index is 1.61. The van der Waals surface area contributed by atoms with Gasteiger partial charge in [-0.3, -0.25) is 4.79 Å². The summed E-state index contributed by atoms with van der Waals surface area (Å²) in [6, 6.07) is 16.7. The van der Waals surface area contributed by atoms with E-state index in [4.69, 9.17) is 31.8 Å². The number of nitrogen functional groups attached to an aromatic ring is 1. The summed E-state index contributed by atoms with van der Waals surface area (Å²) in [6.45, 7) is 0.359. The van der Waals surface area contributed by atoms with Gasteiger partial charge in [-0.15, -0.1) is 11.3 Å². The second-order valence-electron chi connectivity index (χ2n) is 6.78. The monoisotopic (exact) mass is 453 g/mol. The molecule has 0 saturated heterocycles. The van der Waals surface area contributed by atoms with Crippen molar-refractivity contribution in [2.75, 3.05) is 20.0 Å². The third-order valence-electron chi connectivity index (χ3n) is 4.82. The molecule has 0 saturated carbocycles. The van der Waals surface area contributed by atoms with Gasteiger partial charge in [0.1, 0.15) is 9.71 Å². The molecular weight excluding hydrogens is 434 g/mol. The third-order valence-corrected chi connectivity index (χ3v) is 6.17. The average Bonchev–Trinajstić information content (AvgIpc) is 3.13. The predicted octanol–water partition coefficient (Wildman–Crippen LogP) is 5.15. The molecule has 4 rings (SSSR count). The lowest BCUT2D eigenvalue weighted by Crippen LogP contribution is -2.22. The second kappa shape index (κ2) is 8.83. The Hall–Kier alpha value is -3.29. The van der Waals surface area contributed by atoms with E-state index in [0.717, 1.165) is 22.2 Å². The first kappa shape index (κ1) is 21.0. The van der Waals surface area contributed by atoms with Crippen LogP contribution in [-0.2, 0) is 6.54 Å². The van der Waals surface area contributed by atoms with E-state index in [9.17, 15) is 4.79 Å². The summed E-state index contributed by atoms with van der Waals surface area (Å²) in [5, 5.41) is 4.27. The minimum absolute atomic E-state index is 0.242. The molecule has 2 aromatic heterocycles. The van der Waals surface area contributed by atoms with Gasteiger partial charge in [-0.05, 0) is 48.0 Å². The van der Waals surface area contributed by atoms with Gasteiger partial charge in [0.15, 0.2) is 11.5 Å². The van der Waals surface area contributed by atoms with Crippen molar-refractivity contribution in [1.29, 1.82) is 0 Å². The van der Waals surface area contributed by atoms with Crippen molar-refractivity contribution >= 4 is 44.7 Å². The van der Waals surface area contributed by atoms with Gasteiger partial charge in [-0.1, -0.05) is 23.7 Å². The summed E-state index contributed by atoms with van der Waals surface area (Å²) in [4.78, 5) is 18.6. The van der Waals surface area contributed by atoms with E-state index in [-0.39, 0.29) is 5.91 Å². The Morgan fingerprint density at radius 1 is 1.10 bits per heavy atom. The van der Waals surface area contributed by atoms with Gasteiger partial charge < -0.3 is 20.5 Å². The highest BCUT2D eigenvalue weighted by Gasteiger charge is 2.18. The highest BCUT2D eigenvalue weighted by atomic mass is 35.5. The van der Waals surface area contributed by atoms with Crippen LogP contribution >= 0.6 is 22.9 Å².